The number of nitrogens with zero attached hydrogens (tertiary/aromatic N) is 1. The molecule has 3 N–H and O–H groups in total. The minimum atomic E-state index is -0.768. The molecule has 7 heteroatoms. The van der Waals surface area contributed by atoms with Gasteiger partial charge in [0.05, 0.1) is 5.56 Å². The first-order valence-corrected chi connectivity index (χ1v) is 6.31. The van der Waals surface area contributed by atoms with Crippen molar-refractivity contribution in [3.05, 3.63) is 29.6 Å². The number of hydrogen-bond donors (Lipinski definition) is 3. The van der Waals surface area contributed by atoms with Gasteiger partial charge in [0, 0.05) is 12.6 Å². The van der Waals surface area contributed by atoms with Gasteiger partial charge in [0.25, 0.3) is 5.91 Å². The second-order valence-corrected chi connectivity index (χ2v) is 4.34. The van der Waals surface area contributed by atoms with E-state index in [1.165, 1.54) is 6.20 Å². The quantitative estimate of drug-likeness (QED) is 0.475. The molecule has 0 bridgehead atoms. The molecule has 1 fully saturated rings. The standard InChI is InChI=1S/C14H13N3O4/c18-8-2-4-9-3-1-7-15-12(9)14(21)16-10-5-6-11(19)17-13(10)20/h1,3,7,10,18H,5-6,8H2,(H,16,21)(H,17,19,20). The van der Waals surface area contributed by atoms with Crippen LogP contribution in [0.15, 0.2) is 18.3 Å². The summed E-state index contributed by atoms with van der Waals surface area (Å²) < 4.78 is 0. The molecule has 7 nitrogen and oxygen atoms in total. The Morgan fingerprint density at radius 1 is 1.52 bits per heavy atom. The Labute approximate surface area is 120 Å². The van der Waals surface area contributed by atoms with Crippen LogP contribution < -0.4 is 10.6 Å². The fraction of sp³-hybridized carbons (Fsp3) is 0.286. The molecule has 1 aliphatic heterocycles. The van der Waals surface area contributed by atoms with Crippen LogP contribution in [0, 0.1) is 11.8 Å². The first-order valence-electron chi connectivity index (χ1n) is 6.31. The first kappa shape index (κ1) is 14.7. The summed E-state index contributed by atoms with van der Waals surface area (Å²) in [6, 6.07) is 2.44. The number of imide groups is 1. The molecule has 1 saturated heterocycles. The zero-order valence-electron chi connectivity index (χ0n) is 11.0. The molecular weight excluding hydrogens is 274 g/mol. The number of nitrogens with one attached hydrogen (secondary N) is 2. The zero-order chi connectivity index (χ0) is 15.2. The van der Waals surface area contributed by atoms with Crippen molar-refractivity contribution < 1.29 is 19.5 Å². The van der Waals surface area contributed by atoms with Gasteiger partial charge in [-0.25, -0.2) is 4.98 Å². The summed E-state index contributed by atoms with van der Waals surface area (Å²) in [5, 5.41) is 13.4. The topological polar surface area (TPSA) is 108 Å². The van der Waals surface area contributed by atoms with Gasteiger partial charge in [-0.15, -0.1) is 0 Å². The highest BCUT2D eigenvalue weighted by Gasteiger charge is 2.28. The van der Waals surface area contributed by atoms with Crippen molar-refractivity contribution >= 4 is 17.7 Å². The summed E-state index contributed by atoms with van der Waals surface area (Å²) in [6.07, 6.45) is 1.86. The number of carbonyl (C=O) groups is 3. The van der Waals surface area contributed by atoms with E-state index in [1.54, 1.807) is 12.1 Å². The molecule has 1 aliphatic rings. The highest BCUT2D eigenvalue weighted by atomic mass is 16.2. The molecule has 1 atom stereocenters. The number of aromatic nitrogens is 1. The third kappa shape index (κ3) is 3.64. The van der Waals surface area contributed by atoms with Gasteiger partial charge >= 0.3 is 0 Å². The largest absolute Gasteiger partial charge is 0.384 e. The summed E-state index contributed by atoms with van der Waals surface area (Å²) in [4.78, 5) is 38.7. The molecule has 1 aromatic heterocycles. The second kappa shape index (κ2) is 6.63. The lowest BCUT2D eigenvalue weighted by atomic mass is 10.1. The molecule has 0 aromatic carbocycles. The maximum absolute atomic E-state index is 12.2. The van der Waals surface area contributed by atoms with Crippen molar-refractivity contribution in [1.29, 1.82) is 0 Å². The summed E-state index contributed by atoms with van der Waals surface area (Å²) in [7, 11) is 0. The van der Waals surface area contributed by atoms with Gasteiger partial charge < -0.3 is 10.4 Å². The van der Waals surface area contributed by atoms with E-state index in [4.69, 9.17) is 5.11 Å². The van der Waals surface area contributed by atoms with Crippen LogP contribution in [-0.2, 0) is 9.59 Å². The summed E-state index contributed by atoms with van der Waals surface area (Å²) in [6.45, 7) is -0.330. The van der Waals surface area contributed by atoms with Crippen LogP contribution in [0.25, 0.3) is 0 Å². The highest BCUT2D eigenvalue weighted by Crippen LogP contribution is 2.08. The van der Waals surface area contributed by atoms with Crippen molar-refractivity contribution in [1.82, 2.24) is 15.6 Å². The number of pyridine rings is 1. The van der Waals surface area contributed by atoms with E-state index in [0.29, 0.717) is 5.56 Å². The minimum absolute atomic E-state index is 0.0724. The van der Waals surface area contributed by atoms with E-state index in [1.807, 2.05) is 0 Å². The molecule has 21 heavy (non-hydrogen) atoms. The van der Waals surface area contributed by atoms with Gasteiger partial charge in [0.2, 0.25) is 11.8 Å². The third-order valence-electron chi connectivity index (χ3n) is 2.87. The van der Waals surface area contributed by atoms with Gasteiger partial charge in [-0.05, 0) is 18.6 Å². The Kier molecular flexibility index (Phi) is 4.64. The van der Waals surface area contributed by atoms with Crippen LogP contribution in [0.1, 0.15) is 28.9 Å². The molecule has 0 radical (unpaired) electrons. The second-order valence-electron chi connectivity index (χ2n) is 4.34. The molecular formula is C14H13N3O4. The monoisotopic (exact) mass is 287 g/mol. The van der Waals surface area contributed by atoms with Crippen molar-refractivity contribution in [3.63, 3.8) is 0 Å². The maximum atomic E-state index is 12.2. The van der Waals surface area contributed by atoms with Gasteiger partial charge in [-0.2, -0.15) is 0 Å². The molecule has 2 heterocycles. The van der Waals surface area contributed by atoms with Gasteiger partial charge in [0.15, 0.2) is 0 Å². The van der Waals surface area contributed by atoms with Gasteiger partial charge in [-0.3, -0.25) is 19.7 Å². The normalized spacial score (nSPS) is 17.5. The summed E-state index contributed by atoms with van der Waals surface area (Å²) in [5.74, 6) is 3.63. The van der Waals surface area contributed by atoms with Crippen LogP contribution in [0.2, 0.25) is 0 Å². The van der Waals surface area contributed by atoms with E-state index >= 15 is 0 Å². The SMILES string of the molecule is O=C1CCC(NC(=O)c2ncccc2C#CCO)C(=O)N1. The third-order valence-corrected chi connectivity index (χ3v) is 2.87. The van der Waals surface area contributed by atoms with Crippen LogP contribution in [0.5, 0.6) is 0 Å². The number of aliphatic hydroxyl groups excluding tert-OH is 1. The Bertz CT molecular complexity index is 645. The smallest absolute Gasteiger partial charge is 0.271 e. The van der Waals surface area contributed by atoms with Crippen LogP contribution in [-0.4, -0.2) is 40.5 Å². The lowest BCUT2D eigenvalue weighted by molar-refractivity contribution is -0.134. The first-order chi connectivity index (χ1) is 10.1. The molecule has 3 amide bonds. The zero-order valence-corrected chi connectivity index (χ0v) is 11.0. The van der Waals surface area contributed by atoms with Crippen LogP contribution in [0.4, 0.5) is 0 Å². The fourth-order valence-corrected chi connectivity index (χ4v) is 1.88. The summed E-state index contributed by atoms with van der Waals surface area (Å²) in [5.41, 5.74) is 0.430. The number of rotatable bonds is 2. The Morgan fingerprint density at radius 2 is 2.33 bits per heavy atom. The molecule has 2 rings (SSSR count). The predicted octanol–water partition coefficient (Wildman–Crippen LogP) is -1.04. The lowest BCUT2D eigenvalue weighted by Crippen LogP contribution is -2.52. The Balaban J connectivity index is 2.14. The number of carbonyl (C=O) groups excluding carboxylic acids is 3. The van der Waals surface area contributed by atoms with E-state index < -0.39 is 17.9 Å². The molecule has 1 unspecified atom stereocenters. The lowest BCUT2D eigenvalue weighted by Gasteiger charge is -2.21. The van der Waals surface area contributed by atoms with E-state index in [0.717, 1.165) is 0 Å². The average molecular weight is 287 g/mol. The van der Waals surface area contributed by atoms with Crippen LogP contribution >= 0.6 is 0 Å². The Hall–Kier alpha value is -2.72. The van der Waals surface area contributed by atoms with Crippen molar-refractivity contribution in [2.24, 2.45) is 0 Å². The molecule has 0 aliphatic carbocycles. The van der Waals surface area contributed by atoms with Crippen LogP contribution in [0.3, 0.4) is 0 Å². The summed E-state index contributed by atoms with van der Waals surface area (Å²) >= 11 is 0. The van der Waals surface area contributed by atoms with E-state index in [-0.39, 0.29) is 31.0 Å². The number of amides is 3. The number of piperidine rings is 1. The molecule has 0 saturated carbocycles. The van der Waals surface area contributed by atoms with E-state index in [2.05, 4.69) is 27.5 Å². The van der Waals surface area contributed by atoms with Crippen molar-refractivity contribution in [2.45, 2.75) is 18.9 Å². The number of aliphatic hydroxyl groups is 1. The van der Waals surface area contributed by atoms with Gasteiger partial charge in [-0.1, -0.05) is 11.8 Å². The Morgan fingerprint density at radius 3 is 3.05 bits per heavy atom. The van der Waals surface area contributed by atoms with Crippen molar-refractivity contribution in [2.75, 3.05) is 6.61 Å². The van der Waals surface area contributed by atoms with Gasteiger partial charge in [0.1, 0.15) is 18.3 Å². The molecule has 1 aromatic rings. The fourth-order valence-electron chi connectivity index (χ4n) is 1.88. The molecule has 108 valence electrons. The van der Waals surface area contributed by atoms with Crippen molar-refractivity contribution in [3.8, 4) is 11.8 Å². The maximum Gasteiger partial charge on any atom is 0.271 e. The van der Waals surface area contributed by atoms with E-state index in [9.17, 15) is 14.4 Å². The average Bonchev–Trinajstić information content (AvgIpc) is 2.48. The number of hydrogen-bond acceptors (Lipinski definition) is 5. The predicted molar refractivity (Wildman–Crippen MR) is 71.8 cm³/mol. The highest BCUT2D eigenvalue weighted by molar-refractivity contribution is 6.03. The molecule has 0 spiro atoms. The minimum Gasteiger partial charge on any atom is -0.384 e.